The molecule has 58 valence electrons. The highest BCUT2D eigenvalue weighted by Crippen LogP contribution is 2.18. The van der Waals surface area contributed by atoms with Crippen molar-refractivity contribution in [1.82, 2.24) is 5.32 Å². The van der Waals surface area contributed by atoms with Gasteiger partial charge in [0.15, 0.2) is 0 Å². The van der Waals surface area contributed by atoms with E-state index in [1.54, 1.807) is 0 Å². The second-order valence-corrected chi connectivity index (χ2v) is 3.11. The number of hydrogen-bond acceptors (Lipinski definition) is 3. The van der Waals surface area contributed by atoms with Crippen molar-refractivity contribution in [2.75, 3.05) is 33.0 Å². The first-order chi connectivity index (χ1) is 4.91. The number of rotatable bonds is 0. The lowest BCUT2D eigenvalue weighted by molar-refractivity contribution is -0.101. The summed E-state index contributed by atoms with van der Waals surface area (Å²) < 4.78 is 10.5. The van der Waals surface area contributed by atoms with Crippen molar-refractivity contribution in [3.8, 4) is 0 Å². The molecule has 3 nitrogen and oxygen atoms in total. The Balaban J connectivity index is 1.92. The number of hydrogen-bond donors (Lipinski definition) is 1. The highest BCUT2D eigenvalue weighted by molar-refractivity contribution is 4.95. The molecule has 0 atom stereocenters. The first-order valence-corrected chi connectivity index (χ1v) is 3.82. The second-order valence-electron chi connectivity index (χ2n) is 3.11. The second kappa shape index (κ2) is 2.49. The van der Waals surface area contributed by atoms with E-state index in [4.69, 9.17) is 9.47 Å². The summed E-state index contributed by atoms with van der Waals surface area (Å²) in [5, 5.41) is 3.44. The lowest BCUT2D eigenvalue weighted by atomic mass is 9.99. The summed E-state index contributed by atoms with van der Waals surface area (Å²) >= 11 is 0. The van der Waals surface area contributed by atoms with Crippen LogP contribution in [-0.2, 0) is 9.47 Å². The van der Waals surface area contributed by atoms with Gasteiger partial charge in [-0.15, -0.1) is 0 Å². The Hall–Kier alpha value is -0.120. The average molecular weight is 143 g/mol. The molecule has 1 N–H and O–H groups in total. The van der Waals surface area contributed by atoms with Crippen LogP contribution >= 0.6 is 0 Å². The zero-order valence-corrected chi connectivity index (χ0v) is 6.06. The van der Waals surface area contributed by atoms with Crippen molar-refractivity contribution in [3.05, 3.63) is 0 Å². The Morgan fingerprint density at radius 1 is 1.10 bits per heavy atom. The maximum Gasteiger partial charge on any atom is 0.0889 e. The molecular weight excluding hydrogens is 130 g/mol. The molecule has 0 radical (unpaired) electrons. The van der Waals surface area contributed by atoms with Gasteiger partial charge in [-0.2, -0.15) is 0 Å². The summed E-state index contributed by atoms with van der Waals surface area (Å²) in [5.41, 5.74) is 0.191. The third-order valence-corrected chi connectivity index (χ3v) is 2.10. The van der Waals surface area contributed by atoms with E-state index in [2.05, 4.69) is 5.32 Å². The van der Waals surface area contributed by atoms with E-state index < -0.39 is 0 Å². The third-order valence-electron chi connectivity index (χ3n) is 2.10. The number of nitrogens with one attached hydrogen (secondary N) is 1. The number of ether oxygens (including phenoxy) is 2. The van der Waals surface area contributed by atoms with Gasteiger partial charge in [-0.1, -0.05) is 0 Å². The minimum atomic E-state index is 0.191. The topological polar surface area (TPSA) is 30.5 Å². The Labute approximate surface area is 60.7 Å². The van der Waals surface area contributed by atoms with E-state index in [1.165, 1.54) is 0 Å². The minimum Gasteiger partial charge on any atom is -0.379 e. The van der Waals surface area contributed by atoms with Gasteiger partial charge in [0.25, 0.3) is 0 Å². The quantitative estimate of drug-likeness (QED) is 0.508. The van der Waals surface area contributed by atoms with Crippen molar-refractivity contribution >= 4 is 0 Å². The molecular formula is C7H13NO2. The lowest BCUT2D eigenvalue weighted by Crippen LogP contribution is -2.62. The van der Waals surface area contributed by atoms with Crippen LogP contribution in [0.15, 0.2) is 0 Å². The maximum absolute atomic E-state index is 5.41. The predicted octanol–water partition coefficient (Wildman–Crippen LogP) is -0.235. The van der Waals surface area contributed by atoms with Crippen molar-refractivity contribution in [3.63, 3.8) is 0 Å². The fourth-order valence-corrected chi connectivity index (χ4v) is 1.38. The van der Waals surface area contributed by atoms with Gasteiger partial charge in [-0.05, 0) is 13.0 Å². The molecule has 0 unspecified atom stereocenters. The first-order valence-electron chi connectivity index (χ1n) is 3.82. The molecule has 2 rings (SSSR count). The summed E-state index contributed by atoms with van der Waals surface area (Å²) in [7, 11) is 0. The average Bonchev–Trinajstić information content (AvgIpc) is 2.08. The molecule has 0 aromatic carbocycles. The molecule has 3 heteroatoms. The zero-order valence-electron chi connectivity index (χ0n) is 6.06. The molecule has 2 saturated heterocycles. The van der Waals surface area contributed by atoms with Gasteiger partial charge in [0.05, 0.1) is 25.4 Å². The van der Waals surface area contributed by atoms with Gasteiger partial charge in [0.1, 0.15) is 0 Å². The van der Waals surface area contributed by atoms with Gasteiger partial charge < -0.3 is 14.8 Å². The van der Waals surface area contributed by atoms with Crippen LogP contribution in [0.5, 0.6) is 0 Å². The normalized spacial score (nSPS) is 31.2. The lowest BCUT2D eigenvalue weighted by Gasteiger charge is -2.40. The molecule has 0 aromatic heterocycles. The molecule has 1 spiro atoms. The van der Waals surface area contributed by atoms with Gasteiger partial charge >= 0.3 is 0 Å². The van der Waals surface area contributed by atoms with E-state index >= 15 is 0 Å². The van der Waals surface area contributed by atoms with E-state index in [9.17, 15) is 0 Å². The summed E-state index contributed by atoms with van der Waals surface area (Å²) in [6.07, 6.45) is 1.13. The summed E-state index contributed by atoms with van der Waals surface area (Å²) in [6, 6.07) is 0. The minimum absolute atomic E-state index is 0.191. The molecule has 0 saturated carbocycles. The van der Waals surface area contributed by atoms with Crippen LogP contribution in [0.4, 0.5) is 0 Å². The fraction of sp³-hybridized carbons (Fsp3) is 1.00. The molecule has 2 fully saturated rings. The molecule has 0 aliphatic carbocycles. The third kappa shape index (κ3) is 1.05. The smallest absolute Gasteiger partial charge is 0.0889 e. The van der Waals surface area contributed by atoms with E-state index in [0.717, 1.165) is 39.4 Å². The monoisotopic (exact) mass is 143 g/mol. The van der Waals surface area contributed by atoms with E-state index in [1.807, 2.05) is 0 Å². The zero-order chi connectivity index (χ0) is 6.86. The van der Waals surface area contributed by atoms with Gasteiger partial charge in [-0.3, -0.25) is 0 Å². The molecule has 0 aromatic rings. The molecule has 2 aliphatic heterocycles. The van der Waals surface area contributed by atoms with Crippen LogP contribution in [-0.4, -0.2) is 38.5 Å². The Kier molecular flexibility index (Phi) is 1.64. The van der Waals surface area contributed by atoms with Crippen LogP contribution in [0.25, 0.3) is 0 Å². The van der Waals surface area contributed by atoms with Crippen LogP contribution in [0.3, 0.4) is 0 Å². The first kappa shape index (κ1) is 6.58. The van der Waals surface area contributed by atoms with Crippen LogP contribution in [0.1, 0.15) is 6.42 Å². The molecule has 10 heavy (non-hydrogen) atoms. The predicted molar refractivity (Wildman–Crippen MR) is 37.0 cm³/mol. The molecule has 0 amide bonds. The van der Waals surface area contributed by atoms with Crippen LogP contribution in [0.2, 0.25) is 0 Å². The van der Waals surface area contributed by atoms with Gasteiger partial charge in [0.2, 0.25) is 0 Å². The van der Waals surface area contributed by atoms with Crippen LogP contribution < -0.4 is 5.32 Å². The van der Waals surface area contributed by atoms with Gasteiger partial charge in [-0.25, -0.2) is 0 Å². The molecule has 0 bridgehead atoms. The molecule has 2 heterocycles. The maximum atomic E-state index is 5.41. The van der Waals surface area contributed by atoms with E-state index in [0.29, 0.717) is 0 Å². The Morgan fingerprint density at radius 2 is 1.90 bits per heavy atom. The highest BCUT2D eigenvalue weighted by atomic mass is 16.5. The summed E-state index contributed by atoms with van der Waals surface area (Å²) in [4.78, 5) is 0. The van der Waals surface area contributed by atoms with Crippen molar-refractivity contribution in [2.24, 2.45) is 0 Å². The van der Waals surface area contributed by atoms with Gasteiger partial charge in [0, 0.05) is 6.61 Å². The standard InChI is InChI=1S/C7H13NO2/c1-2-8-7(4-9-3-1)5-10-6-7/h8H,1-6H2. The van der Waals surface area contributed by atoms with Crippen LogP contribution in [0, 0.1) is 0 Å². The van der Waals surface area contributed by atoms with Crippen molar-refractivity contribution < 1.29 is 9.47 Å². The van der Waals surface area contributed by atoms with E-state index in [-0.39, 0.29) is 5.54 Å². The van der Waals surface area contributed by atoms with Crippen molar-refractivity contribution in [2.45, 2.75) is 12.0 Å². The Bertz CT molecular complexity index is 113. The SMILES string of the molecule is C1CNC2(COC1)COC2. The largest absolute Gasteiger partial charge is 0.379 e. The summed E-state index contributed by atoms with van der Waals surface area (Å²) in [5.74, 6) is 0. The summed E-state index contributed by atoms with van der Waals surface area (Å²) in [6.45, 7) is 4.45. The highest BCUT2D eigenvalue weighted by Gasteiger charge is 2.39. The fourth-order valence-electron chi connectivity index (χ4n) is 1.38. The van der Waals surface area contributed by atoms with Crippen molar-refractivity contribution in [1.29, 1.82) is 0 Å². The molecule has 2 aliphatic rings. The Morgan fingerprint density at radius 3 is 2.60 bits per heavy atom.